The fraction of sp³-hybridized carbons (Fsp3) is 0.318. The zero-order valence-corrected chi connectivity index (χ0v) is 14.5. The summed E-state index contributed by atoms with van der Waals surface area (Å²) in [5, 5.41) is 0. The SMILES string of the molecule is CC[C@@]12C=C[C@@H](O1)[C@@H](C(=O)c1ccccc1)[C@@H]2c1cccc(OC)c1. The van der Waals surface area contributed by atoms with Gasteiger partial charge in [0.2, 0.25) is 0 Å². The van der Waals surface area contributed by atoms with Gasteiger partial charge in [0.1, 0.15) is 5.75 Å². The van der Waals surface area contributed by atoms with E-state index in [0.717, 1.165) is 23.3 Å². The van der Waals surface area contributed by atoms with Crippen molar-refractivity contribution < 1.29 is 14.3 Å². The van der Waals surface area contributed by atoms with Crippen LogP contribution in [0.5, 0.6) is 5.75 Å². The van der Waals surface area contributed by atoms with Crippen LogP contribution < -0.4 is 4.74 Å². The average Bonchev–Trinajstić information content (AvgIpc) is 3.25. The van der Waals surface area contributed by atoms with E-state index in [1.165, 1.54) is 0 Å². The normalized spacial score (nSPS) is 29.8. The van der Waals surface area contributed by atoms with Crippen molar-refractivity contribution in [3.05, 3.63) is 77.9 Å². The number of fused-ring (bicyclic) bond motifs is 2. The molecule has 0 spiro atoms. The Hall–Kier alpha value is -2.39. The van der Waals surface area contributed by atoms with E-state index in [9.17, 15) is 4.79 Å². The number of methoxy groups -OCH3 is 1. The molecule has 2 bridgehead atoms. The van der Waals surface area contributed by atoms with Crippen molar-refractivity contribution >= 4 is 5.78 Å². The summed E-state index contributed by atoms with van der Waals surface area (Å²) in [6, 6.07) is 17.6. The summed E-state index contributed by atoms with van der Waals surface area (Å²) in [6.07, 6.45) is 4.88. The molecule has 0 unspecified atom stereocenters. The van der Waals surface area contributed by atoms with Gasteiger partial charge in [0.15, 0.2) is 5.78 Å². The third-order valence-corrected chi connectivity index (χ3v) is 5.53. The molecule has 0 amide bonds. The quantitative estimate of drug-likeness (QED) is 0.601. The van der Waals surface area contributed by atoms with Gasteiger partial charge in [-0.1, -0.05) is 61.5 Å². The maximum absolute atomic E-state index is 13.3. The molecule has 25 heavy (non-hydrogen) atoms. The molecule has 1 saturated heterocycles. The largest absolute Gasteiger partial charge is 0.497 e. The Kier molecular flexibility index (Phi) is 3.97. The summed E-state index contributed by atoms with van der Waals surface area (Å²) in [5.74, 6) is 0.745. The Balaban J connectivity index is 1.79. The van der Waals surface area contributed by atoms with E-state index in [4.69, 9.17) is 9.47 Å². The third kappa shape index (κ3) is 2.50. The van der Waals surface area contributed by atoms with Crippen LogP contribution in [0.1, 0.15) is 35.2 Å². The van der Waals surface area contributed by atoms with Crippen LogP contribution in [-0.2, 0) is 4.74 Å². The second-order valence-corrected chi connectivity index (χ2v) is 6.76. The van der Waals surface area contributed by atoms with Crippen molar-refractivity contribution in [2.45, 2.75) is 31.0 Å². The second kappa shape index (κ2) is 6.16. The first-order valence-corrected chi connectivity index (χ1v) is 8.79. The highest BCUT2D eigenvalue weighted by Gasteiger charge is 2.58. The highest BCUT2D eigenvalue weighted by atomic mass is 16.5. The van der Waals surface area contributed by atoms with Crippen molar-refractivity contribution in [2.75, 3.05) is 7.11 Å². The van der Waals surface area contributed by atoms with Gasteiger partial charge in [-0.2, -0.15) is 0 Å². The summed E-state index contributed by atoms with van der Waals surface area (Å²) in [5.41, 5.74) is 1.44. The van der Waals surface area contributed by atoms with Gasteiger partial charge in [0.25, 0.3) is 0 Å². The Morgan fingerprint density at radius 2 is 1.96 bits per heavy atom. The Morgan fingerprint density at radius 1 is 1.16 bits per heavy atom. The molecule has 1 fully saturated rings. The van der Waals surface area contributed by atoms with Crippen LogP contribution in [0.15, 0.2) is 66.7 Å². The van der Waals surface area contributed by atoms with Crippen LogP contribution in [0.3, 0.4) is 0 Å². The minimum Gasteiger partial charge on any atom is -0.497 e. The van der Waals surface area contributed by atoms with E-state index in [1.54, 1.807) is 7.11 Å². The molecule has 0 saturated carbocycles. The number of carbonyl (C=O) groups is 1. The standard InChI is InChI=1S/C22H22O3/c1-3-22-13-12-18(25-22)19(21(23)15-8-5-4-6-9-15)20(22)16-10-7-11-17(14-16)24-2/h4-14,18-20H,3H2,1-2H3/t18-,19-,20+,22+/m1/s1. The van der Waals surface area contributed by atoms with E-state index >= 15 is 0 Å². The van der Waals surface area contributed by atoms with Crippen molar-refractivity contribution in [1.29, 1.82) is 0 Å². The summed E-state index contributed by atoms with van der Waals surface area (Å²) in [7, 11) is 1.67. The van der Waals surface area contributed by atoms with Gasteiger partial charge in [0.05, 0.1) is 24.7 Å². The maximum Gasteiger partial charge on any atom is 0.169 e. The molecule has 2 heterocycles. The predicted molar refractivity (Wildman–Crippen MR) is 97.0 cm³/mol. The first-order chi connectivity index (χ1) is 12.2. The molecular weight excluding hydrogens is 312 g/mol. The number of ether oxygens (including phenoxy) is 2. The fourth-order valence-electron chi connectivity index (χ4n) is 4.29. The minimum absolute atomic E-state index is 0.00435. The average molecular weight is 334 g/mol. The molecule has 2 aliphatic heterocycles. The Bertz CT molecular complexity index is 811. The third-order valence-electron chi connectivity index (χ3n) is 5.53. The number of ketones is 1. The first kappa shape index (κ1) is 16.1. The molecule has 3 nitrogen and oxygen atoms in total. The predicted octanol–water partition coefficient (Wildman–Crippen LogP) is 4.40. The summed E-state index contributed by atoms with van der Waals surface area (Å²) >= 11 is 0. The molecule has 0 aromatic heterocycles. The van der Waals surface area contributed by atoms with Crippen molar-refractivity contribution in [2.24, 2.45) is 5.92 Å². The van der Waals surface area contributed by atoms with Gasteiger partial charge < -0.3 is 9.47 Å². The topological polar surface area (TPSA) is 35.5 Å². The van der Waals surface area contributed by atoms with Crippen LogP contribution in [-0.4, -0.2) is 24.6 Å². The number of hydrogen-bond acceptors (Lipinski definition) is 3. The van der Waals surface area contributed by atoms with Crippen molar-refractivity contribution in [1.82, 2.24) is 0 Å². The lowest BCUT2D eigenvalue weighted by Crippen LogP contribution is -2.36. The van der Waals surface area contributed by atoms with Gasteiger partial charge in [-0.15, -0.1) is 0 Å². The molecule has 0 aliphatic carbocycles. The lowest BCUT2D eigenvalue weighted by Gasteiger charge is -2.33. The smallest absolute Gasteiger partial charge is 0.169 e. The highest BCUT2D eigenvalue weighted by molar-refractivity contribution is 5.99. The fourth-order valence-corrected chi connectivity index (χ4v) is 4.29. The lowest BCUT2D eigenvalue weighted by atomic mass is 9.68. The summed E-state index contributed by atoms with van der Waals surface area (Å²) in [6.45, 7) is 2.12. The van der Waals surface area contributed by atoms with Gasteiger partial charge in [-0.05, 0) is 24.1 Å². The summed E-state index contributed by atoms with van der Waals surface area (Å²) < 4.78 is 11.7. The maximum atomic E-state index is 13.3. The summed E-state index contributed by atoms with van der Waals surface area (Å²) in [4.78, 5) is 13.3. The van der Waals surface area contributed by atoms with Crippen LogP contribution in [0, 0.1) is 5.92 Å². The Labute approximate surface area is 148 Å². The molecule has 0 radical (unpaired) electrons. The monoisotopic (exact) mass is 334 g/mol. The second-order valence-electron chi connectivity index (χ2n) is 6.76. The number of hydrogen-bond donors (Lipinski definition) is 0. The van der Waals surface area contributed by atoms with Gasteiger partial charge in [0, 0.05) is 11.5 Å². The zero-order chi connectivity index (χ0) is 17.4. The van der Waals surface area contributed by atoms with Crippen LogP contribution in [0.4, 0.5) is 0 Å². The van der Waals surface area contributed by atoms with E-state index in [0.29, 0.717) is 0 Å². The van der Waals surface area contributed by atoms with E-state index in [2.05, 4.69) is 25.1 Å². The van der Waals surface area contributed by atoms with Crippen LogP contribution >= 0.6 is 0 Å². The van der Waals surface area contributed by atoms with Crippen LogP contribution in [0.25, 0.3) is 0 Å². The molecule has 4 rings (SSSR count). The van der Waals surface area contributed by atoms with Gasteiger partial charge >= 0.3 is 0 Å². The van der Waals surface area contributed by atoms with Gasteiger partial charge in [-0.3, -0.25) is 4.79 Å². The zero-order valence-electron chi connectivity index (χ0n) is 14.5. The lowest BCUT2D eigenvalue weighted by molar-refractivity contribution is 0.0200. The molecule has 2 aromatic rings. The van der Waals surface area contributed by atoms with E-state index < -0.39 is 5.60 Å². The highest BCUT2D eigenvalue weighted by Crippen LogP contribution is 2.55. The van der Waals surface area contributed by atoms with Gasteiger partial charge in [-0.25, -0.2) is 0 Å². The number of Topliss-reactive ketones (excluding diaryl/α,β-unsaturated/α-hetero) is 1. The van der Waals surface area contributed by atoms with Crippen molar-refractivity contribution in [3.8, 4) is 5.75 Å². The molecule has 3 heteroatoms. The molecular formula is C22H22O3. The number of rotatable bonds is 5. The molecule has 4 atom stereocenters. The molecule has 0 N–H and O–H groups in total. The van der Waals surface area contributed by atoms with E-state index in [-0.39, 0.29) is 23.7 Å². The number of benzene rings is 2. The molecule has 2 aliphatic rings. The van der Waals surface area contributed by atoms with Crippen LogP contribution in [0.2, 0.25) is 0 Å². The van der Waals surface area contributed by atoms with Crippen molar-refractivity contribution in [3.63, 3.8) is 0 Å². The Morgan fingerprint density at radius 3 is 2.68 bits per heavy atom. The molecule has 128 valence electrons. The number of carbonyl (C=O) groups excluding carboxylic acids is 1. The minimum atomic E-state index is -0.411. The van der Waals surface area contributed by atoms with E-state index in [1.807, 2.05) is 48.5 Å². The molecule has 2 aromatic carbocycles. The first-order valence-electron chi connectivity index (χ1n) is 8.79.